The quantitative estimate of drug-likeness (QED) is 0.417. The Morgan fingerprint density at radius 3 is 2.43 bits per heavy atom. The zero-order chi connectivity index (χ0) is 25.1. The van der Waals surface area contributed by atoms with Crippen molar-refractivity contribution in [1.82, 2.24) is 4.90 Å². The van der Waals surface area contributed by atoms with Crippen molar-refractivity contribution in [1.29, 1.82) is 0 Å². The van der Waals surface area contributed by atoms with E-state index in [0.29, 0.717) is 10.8 Å². The number of allylic oxidation sites excluding steroid dienone is 1. The molecule has 1 heterocycles. The van der Waals surface area contributed by atoms with Crippen molar-refractivity contribution in [3.05, 3.63) is 72.8 Å². The summed E-state index contributed by atoms with van der Waals surface area (Å²) in [6.07, 6.45) is 4.07. The van der Waals surface area contributed by atoms with Gasteiger partial charge in [-0.25, -0.2) is 17.2 Å². The average Bonchev–Trinajstić information content (AvgIpc) is 2.85. The number of hydrogen-bond acceptors (Lipinski definition) is 4. The molecule has 1 aliphatic heterocycles. The van der Waals surface area contributed by atoms with E-state index in [2.05, 4.69) is 40.6 Å². The van der Waals surface area contributed by atoms with Gasteiger partial charge < -0.3 is 4.90 Å². The Labute approximate surface area is 208 Å². The number of sulfone groups is 1. The van der Waals surface area contributed by atoms with Crippen LogP contribution in [0.3, 0.4) is 0 Å². The van der Waals surface area contributed by atoms with Crippen LogP contribution in [0.4, 0.5) is 14.5 Å². The van der Waals surface area contributed by atoms with Crippen LogP contribution in [0, 0.1) is 11.3 Å². The summed E-state index contributed by atoms with van der Waals surface area (Å²) in [5.41, 5.74) is 1.74. The molecular weight excluding hydrogens is 466 g/mol. The summed E-state index contributed by atoms with van der Waals surface area (Å²) < 4.78 is 50.4. The van der Waals surface area contributed by atoms with E-state index >= 15 is 0 Å². The molecule has 2 aromatic carbocycles. The van der Waals surface area contributed by atoms with E-state index in [0.717, 1.165) is 57.5 Å². The number of nitrogens with zero attached hydrogens (tertiary/aromatic N) is 2. The molecule has 1 saturated heterocycles. The highest BCUT2D eigenvalue weighted by molar-refractivity contribution is 7.90. The van der Waals surface area contributed by atoms with Gasteiger partial charge in [0.1, 0.15) is 0 Å². The molecule has 0 radical (unpaired) electrons. The van der Waals surface area contributed by atoms with Gasteiger partial charge in [0.25, 0.3) is 0 Å². The van der Waals surface area contributed by atoms with Gasteiger partial charge in [0.15, 0.2) is 9.84 Å². The van der Waals surface area contributed by atoms with Crippen molar-refractivity contribution in [2.45, 2.75) is 49.5 Å². The second-order valence-electron chi connectivity index (χ2n) is 10.2. The Morgan fingerprint density at radius 1 is 1.09 bits per heavy atom. The molecule has 4 nitrogen and oxygen atoms in total. The fraction of sp³-hybridized carbons (Fsp3) is 0.500. The van der Waals surface area contributed by atoms with Crippen molar-refractivity contribution < 1.29 is 17.2 Å². The molecule has 0 unspecified atom stereocenters. The van der Waals surface area contributed by atoms with Crippen LogP contribution in [0.5, 0.6) is 0 Å². The lowest BCUT2D eigenvalue weighted by Crippen LogP contribution is -2.50. The van der Waals surface area contributed by atoms with E-state index in [-0.39, 0.29) is 12.5 Å². The Bertz CT molecular complexity index is 1100. The smallest absolute Gasteiger partial charge is 0.239 e. The first kappa shape index (κ1) is 25.8. The highest BCUT2D eigenvalue weighted by Gasteiger charge is 2.37. The molecule has 35 heavy (non-hydrogen) atoms. The first-order valence-electron chi connectivity index (χ1n) is 12.4. The summed E-state index contributed by atoms with van der Waals surface area (Å²) in [6, 6.07) is 17.8. The van der Waals surface area contributed by atoms with Crippen LogP contribution in [-0.4, -0.2) is 52.2 Å². The predicted octanol–water partition coefficient (Wildman–Crippen LogP) is 5.97. The third-order valence-corrected chi connectivity index (χ3v) is 8.98. The molecule has 1 saturated carbocycles. The van der Waals surface area contributed by atoms with E-state index in [1.54, 1.807) is 18.2 Å². The second kappa shape index (κ2) is 10.8. The molecule has 0 spiro atoms. The van der Waals surface area contributed by atoms with E-state index in [1.807, 2.05) is 18.2 Å². The van der Waals surface area contributed by atoms with E-state index in [9.17, 15) is 17.2 Å². The molecule has 2 aromatic rings. The monoisotopic (exact) mass is 502 g/mol. The average molecular weight is 503 g/mol. The molecule has 4 rings (SSSR count). The molecule has 2 fully saturated rings. The predicted molar refractivity (Wildman–Crippen MR) is 138 cm³/mol. The molecule has 0 bridgehead atoms. The number of piperazine rings is 1. The van der Waals surface area contributed by atoms with Crippen molar-refractivity contribution in [3.8, 4) is 0 Å². The van der Waals surface area contributed by atoms with E-state index in [1.165, 1.54) is 11.8 Å². The SMILES string of the molecule is C=CC1(CC(F)F)CCC(CN2CCN(c3cccc(S(C)(=O)=O)c3)C[C@@H]2c2ccccc2)CC1. The van der Waals surface area contributed by atoms with Gasteiger partial charge in [-0.15, -0.1) is 6.58 Å². The fourth-order valence-electron chi connectivity index (χ4n) is 5.74. The molecule has 0 N–H and O–H groups in total. The van der Waals surface area contributed by atoms with Gasteiger partial charge in [0.05, 0.1) is 10.9 Å². The number of benzene rings is 2. The number of hydrogen-bond donors (Lipinski definition) is 0. The third kappa shape index (κ3) is 6.31. The second-order valence-corrected chi connectivity index (χ2v) is 12.3. The van der Waals surface area contributed by atoms with Crippen LogP contribution >= 0.6 is 0 Å². The fourth-order valence-corrected chi connectivity index (χ4v) is 6.40. The van der Waals surface area contributed by atoms with Crippen molar-refractivity contribution >= 4 is 15.5 Å². The van der Waals surface area contributed by atoms with Gasteiger partial charge in [-0.3, -0.25) is 4.90 Å². The summed E-state index contributed by atoms with van der Waals surface area (Å²) in [7, 11) is -3.27. The topological polar surface area (TPSA) is 40.6 Å². The largest absolute Gasteiger partial charge is 0.368 e. The highest BCUT2D eigenvalue weighted by atomic mass is 32.2. The molecule has 7 heteroatoms. The summed E-state index contributed by atoms with van der Waals surface area (Å²) in [6.45, 7) is 7.26. The number of rotatable bonds is 8. The maximum Gasteiger partial charge on any atom is 0.239 e. The minimum atomic E-state index is -3.27. The molecule has 0 aromatic heterocycles. The standard InChI is InChI=1S/C28H36F2N2O2S/c1-3-28(19-27(29)30)14-12-22(13-15-28)20-32-17-16-31(21-26(32)23-8-5-4-6-9-23)24-10-7-11-25(18-24)35(2,33)34/h3-11,18,22,26-27H,1,12-17,19-21H2,2H3/t22?,26-,28?/m1/s1. The van der Waals surface area contributed by atoms with Gasteiger partial charge in [0.2, 0.25) is 6.43 Å². The van der Waals surface area contributed by atoms with E-state index in [4.69, 9.17) is 0 Å². The zero-order valence-electron chi connectivity index (χ0n) is 20.5. The summed E-state index contributed by atoms with van der Waals surface area (Å²) in [5, 5.41) is 0. The Morgan fingerprint density at radius 2 is 1.80 bits per heavy atom. The van der Waals surface area contributed by atoms with Gasteiger partial charge >= 0.3 is 0 Å². The van der Waals surface area contributed by atoms with Gasteiger partial charge in [-0.05, 0) is 60.8 Å². The Kier molecular flexibility index (Phi) is 7.96. The normalized spacial score (nSPS) is 26.1. The minimum absolute atomic E-state index is 0.0823. The Hall–Kier alpha value is -2.25. The first-order valence-corrected chi connectivity index (χ1v) is 14.3. The lowest BCUT2D eigenvalue weighted by Gasteiger charge is -2.46. The molecule has 1 aliphatic carbocycles. The molecule has 190 valence electrons. The molecule has 1 atom stereocenters. The van der Waals surface area contributed by atoms with Gasteiger partial charge in [-0.2, -0.15) is 0 Å². The van der Waals surface area contributed by atoms with Crippen molar-refractivity contribution in [2.24, 2.45) is 11.3 Å². The third-order valence-electron chi connectivity index (χ3n) is 7.87. The van der Waals surface area contributed by atoms with E-state index < -0.39 is 21.7 Å². The lowest BCUT2D eigenvalue weighted by atomic mass is 9.68. The number of alkyl halides is 2. The molecular formula is C28H36F2N2O2S. The molecule has 2 aliphatic rings. The lowest BCUT2D eigenvalue weighted by molar-refractivity contribution is 0.0542. The molecule has 0 amide bonds. The van der Waals surface area contributed by atoms with Crippen LogP contribution in [-0.2, 0) is 9.84 Å². The highest BCUT2D eigenvalue weighted by Crippen LogP contribution is 2.44. The van der Waals surface area contributed by atoms with Gasteiger partial charge in [-0.1, -0.05) is 42.5 Å². The van der Waals surface area contributed by atoms with Crippen molar-refractivity contribution in [3.63, 3.8) is 0 Å². The van der Waals surface area contributed by atoms with Crippen LogP contribution in [0.15, 0.2) is 72.1 Å². The summed E-state index contributed by atoms with van der Waals surface area (Å²) >= 11 is 0. The minimum Gasteiger partial charge on any atom is -0.368 e. The number of anilines is 1. The Balaban J connectivity index is 1.49. The van der Waals surface area contributed by atoms with Gasteiger partial charge in [0, 0.05) is 44.5 Å². The van der Waals surface area contributed by atoms with Crippen molar-refractivity contribution in [2.75, 3.05) is 37.3 Å². The number of halogens is 2. The van der Waals surface area contributed by atoms with Crippen LogP contribution < -0.4 is 4.90 Å². The van der Waals surface area contributed by atoms with Crippen LogP contribution in [0.25, 0.3) is 0 Å². The summed E-state index contributed by atoms with van der Waals surface area (Å²) in [5.74, 6) is 0.479. The van der Waals surface area contributed by atoms with Crippen LogP contribution in [0.1, 0.15) is 43.7 Å². The maximum absolute atomic E-state index is 13.1. The first-order chi connectivity index (χ1) is 16.7. The maximum atomic E-state index is 13.1. The zero-order valence-corrected chi connectivity index (χ0v) is 21.3. The summed E-state index contributed by atoms with van der Waals surface area (Å²) in [4.78, 5) is 5.14. The van der Waals surface area contributed by atoms with Crippen LogP contribution in [0.2, 0.25) is 0 Å².